The Morgan fingerprint density at radius 1 is 1.24 bits per heavy atom. The fourth-order valence-electron chi connectivity index (χ4n) is 3.35. The molecule has 0 aromatic carbocycles. The van der Waals surface area contributed by atoms with Gasteiger partial charge in [-0.1, -0.05) is 13.8 Å². The zero-order chi connectivity index (χ0) is 17.5. The number of rotatable bonds is 6. The molecular weight excluding hydrogens is 429 g/mol. The molecule has 1 atom stereocenters. The minimum absolute atomic E-state index is 0. The van der Waals surface area contributed by atoms with Gasteiger partial charge in [0.05, 0.1) is 0 Å². The van der Waals surface area contributed by atoms with Crippen LogP contribution in [0.2, 0.25) is 0 Å². The summed E-state index contributed by atoms with van der Waals surface area (Å²) in [5.74, 6) is 2.23. The van der Waals surface area contributed by atoms with E-state index in [1.165, 1.54) is 38.9 Å². The molecule has 7 heteroatoms. The van der Waals surface area contributed by atoms with E-state index in [9.17, 15) is 4.79 Å². The van der Waals surface area contributed by atoms with Crippen molar-refractivity contribution in [3.8, 4) is 0 Å². The molecule has 0 aromatic rings. The quantitative estimate of drug-likeness (QED) is 0.369. The van der Waals surface area contributed by atoms with Gasteiger partial charge in [-0.25, -0.2) is 4.99 Å². The van der Waals surface area contributed by atoms with Crippen molar-refractivity contribution in [2.75, 3.05) is 59.9 Å². The zero-order valence-electron chi connectivity index (χ0n) is 16.3. The van der Waals surface area contributed by atoms with E-state index in [0.717, 1.165) is 31.5 Å². The molecule has 25 heavy (non-hydrogen) atoms. The highest BCUT2D eigenvalue weighted by molar-refractivity contribution is 14.0. The van der Waals surface area contributed by atoms with E-state index in [-0.39, 0.29) is 36.4 Å². The summed E-state index contributed by atoms with van der Waals surface area (Å²) in [4.78, 5) is 23.0. The number of likely N-dealkylation sites (N-methyl/N-ethyl adjacent to an activating group) is 1. The number of halogens is 1. The molecule has 1 amide bonds. The van der Waals surface area contributed by atoms with Crippen LogP contribution in [0.3, 0.4) is 0 Å². The third kappa shape index (κ3) is 7.68. The van der Waals surface area contributed by atoms with E-state index < -0.39 is 0 Å². The molecule has 2 heterocycles. The van der Waals surface area contributed by atoms with Crippen LogP contribution in [0.25, 0.3) is 0 Å². The lowest BCUT2D eigenvalue weighted by Gasteiger charge is -2.24. The Labute approximate surface area is 170 Å². The van der Waals surface area contributed by atoms with Crippen molar-refractivity contribution in [3.05, 3.63) is 0 Å². The fourth-order valence-corrected chi connectivity index (χ4v) is 3.35. The third-order valence-corrected chi connectivity index (χ3v) is 4.83. The lowest BCUT2D eigenvalue weighted by molar-refractivity contribution is -0.127. The number of hydrogen-bond donors (Lipinski definition) is 1. The van der Waals surface area contributed by atoms with Gasteiger partial charge in [0.1, 0.15) is 6.54 Å². The van der Waals surface area contributed by atoms with Gasteiger partial charge in [0.25, 0.3) is 0 Å². The molecule has 0 spiro atoms. The van der Waals surface area contributed by atoms with Crippen LogP contribution in [0.15, 0.2) is 4.99 Å². The second-order valence-electron chi connectivity index (χ2n) is 7.81. The van der Waals surface area contributed by atoms with Gasteiger partial charge in [-0.3, -0.25) is 4.79 Å². The predicted octanol–water partition coefficient (Wildman–Crippen LogP) is 1.71. The number of hydrogen-bond acceptors (Lipinski definition) is 3. The first-order chi connectivity index (χ1) is 11.5. The van der Waals surface area contributed by atoms with Crippen molar-refractivity contribution in [2.24, 2.45) is 16.8 Å². The topological polar surface area (TPSA) is 51.2 Å². The third-order valence-electron chi connectivity index (χ3n) is 4.83. The Morgan fingerprint density at radius 2 is 1.92 bits per heavy atom. The summed E-state index contributed by atoms with van der Waals surface area (Å²) in [5, 5.41) is 3.46. The van der Waals surface area contributed by atoms with Gasteiger partial charge in [0.2, 0.25) is 5.91 Å². The monoisotopic (exact) mass is 465 g/mol. The van der Waals surface area contributed by atoms with Crippen LogP contribution in [0.5, 0.6) is 0 Å². The van der Waals surface area contributed by atoms with Crippen LogP contribution < -0.4 is 5.32 Å². The smallest absolute Gasteiger partial charge is 0.243 e. The predicted molar refractivity (Wildman–Crippen MR) is 115 cm³/mol. The largest absolute Gasteiger partial charge is 0.356 e. The Balaban J connectivity index is 0.00000312. The standard InChI is InChI=1S/C18H35N5O.HI/c1-15(2)11-19-18(20-12-17(24)21(3)4)23-10-7-16(14-23)13-22-8-5-6-9-22;/h15-16H,5-14H2,1-4H3,(H,19,20);1H. The van der Waals surface area contributed by atoms with E-state index in [1.54, 1.807) is 19.0 Å². The molecule has 1 unspecified atom stereocenters. The lowest BCUT2D eigenvalue weighted by Crippen LogP contribution is -2.42. The highest BCUT2D eigenvalue weighted by Crippen LogP contribution is 2.20. The van der Waals surface area contributed by atoms with E-state index in [4.69, 9.17) is 0 Å². The van der Waals surface area contributed by atoms with Crippen LogP contribution in [0.1, 0.15) is 33.1 Å². The minimum atomic E-state index is 0. The SMILES string of the molecule is CC(C)CNC(=NCC(=O)N(C)C)N1CCC(CN2CCCC2)C1.I. The zero-order valence-corrected chi connectivity index (χ0v) is 18.7. The van der Waals surface area contributed by atoms with Crippen molar-refractivity contribution < 1.29 is 4.79 Å². The first kappa shape index (κ1) is 22.5. The molecular formula is C18H36IN5O. The minimum Gasteiger partial charge on any atom is -0.356 e. The van der Waals surface area contributed by atoms with Gasteiger partial charge in [0, 0.05) is 40.3 Å². The number of amides is 1. The number of nitrogens with one attached hydrogen (secondary N) is 1. The van der Waals surface area contributed by atoms with Gasteiger partial charge in [-0.05, 0) is 44.2 Å². The van der Waals surface area contributed by atoms with E-state index in [2.05, 4.69) is 34.0 Å². The number of nitrogens with zero attached hydrogens (tertiary/aromatic N) is 4. The van der Waals surface area contributed by atoms with E-state index in [0.29, 0.717) is 5.92 Å². The van der Waals surface area contributed by atoms with Gasteiger partial charge in [-0.2, -0.15) is 0 Å². The van der Waals surface area contributed by atoms with E-state index >= 15 is 0 Å². The molecule has 2 fully saturated rings. The van der Waals surface area contributed by atoms with Gasteiger partial charge < -0.3 is 20.0 Å². The van der Waals surface area contributed by atoms with Crippen molar-refractivity contribution in [1.82, 2.24) is 20.0 Å². The summed E-state index contributed by atoms with van der Waals surface area (Å²) < 4.78 is 0. The number of guanidine groups is 1. The van der Waals surface area contributed by atoms with Gasteiger partial charge >= 0.3 is 0 Å². The highest BCUT2D eigenvalue weighted by atomic mass is 127. The molecule has 0 radical (unpaired) electrons. The van der Waals surface area contributed by atoms with Gasteiger partial charge in [-0.15, -0.1) is 24.0 Å². The molecule has 0 aromatic heterocycles. The van der Waals surface area contributed by atoms with Crippen molar-refractivity contribution in [1.29, 1.82) is 0 Å². The summed E-state index contributed by atoms with van der Waals surface area (Å²) in [7, 11) is 3.56. The maximum absolute atomic E-state index is 11.9. The summed E-state index contributed by atoms with van der Waals surface area (Å²) in [6.45, 7) is 11.3. The summed E-state index contributed by atoms with van der Waals surface area (Å²) in [6.07, 6.45) is 3.93. The van der Waals surface area contributed by atoms with Crippen molar-refractivity contribution >= 4 is 35.8 Å². The number of likely N-dealkylation sites (tertiary alicyclic amines) is 2. The summed E-state index contributed by atoms with van der Waals surface area (Å²) >= 11 is 0. The maximum Gasteiger partial charge on any atom is 0.243 e. The first-order valence-electron chi connectivity index (χ1n) is 9.41. The number of carbonyl (C=O) groups is 1. The summed E-state index contributed by atoms with van der Waals surface area (Å²) in [5.41, 5.74) is 0. The number of carbonyl (C=O) groups excluding carboxylic acids is 1. The van der Waals surface area contributed by atoms with Crippen LogP contribution >= 0.6 is 24.0 Å². The molecule has 2 aliphatic heterocycles. The average molecular weight is 465 g/mol. The average Bonchev–Trinajstić information content (AvgIpc) is 3.19. The van der Waals surface area contributed by atoms with Crippen LogP contribution in [0.4, 0.5) is 0 Å². The molecule has 6 nitrogen and oxygen atoms in total. The Hall–Kier alpha value is -0.570. The fraction of sp³-hybridized carbons (Fsp3) is 0.889. The maximum atomic E-state index is 11.9. The first-order valence-corrected chi connectivity index (χ1v) is 9.41. The molecule has 0 aliphatic carbocycles. The van der Waals surface area contributed by atoms with Gasteiger partial charge in [0.15, 0.2) is 5.96 Å². The van der Waals surface area contributed by atoms with Crippen LogP contribution in [-0.2, 0) is 4.79 Å². The highest BCUT2D eigenvalue weighted by Gasteiger charge is 2.27. The van der Waals surface area contributed by atoms with Crippen LogP contribution in [0, 0.1) is 11.8 Å². The van der Waals surface area contributed by atoms with Crippen molar-refractivity contribution in [2.45, 2.75) is 33.1 Å². The van der Waals surface area contributed by atoms with E-state index in [1.807, 2.05) is 0 Å². The Bertz CT molecular complexity index is 435. The molecule has 0 bridgehead atoms. The molecule has 1 N–H and O–H groups in total. The van der Waals surface area contributed by atoms with Crippen molar-refractivity contribution in [3.63, 3.8) is 0 Å². The second kappa shape index (κ2) is 11.2. The molecule has 2 saturated heterocycles. The number of aliphatic imine (C=N–C) groups is 1. The van der Waals surface area contributed by atoms with Crippen LogP contribution in [-0.4, -0.2) is 86.5 Å². The Morgan fingerprint density at radius 3 is 2.52 bits per heavy atom. The Kier molecular flexibility index (Phi) is 10.1. The summed E-state index contributed by atoms with van der Waals surface area (Å²) in [6, 6.07) is 0. The molecule has 2 aliphatic rings. The lowest BCUT2D eigenvalue weighted by atomic mass is 10.1. The molecule has 146 valence electrons. The normalized spacial score (nSPS) is 21.6. The second-order valence-corrected chi connectivity index (χ2v) is 7.81. The molecule has 2 rings (SSSR count). The molecule has 0 saturated carbocycles.